The van der Waals surface area contributed by atoms with Gasteiger partial charge < -0.3 is 4.42 Å². The van der Waals surface area contributed by atoms with Crippen LogP contribution in [0.15, 0.2) is 53.1 Å². The van der Waals surface area contributed by atoms with Gasteiger partial charge in [-0.3, -0.25) is 0 Å². The molecular weight excluding hydrogens is 296 g/mol. The van der Waals surface area contributed by atoms with Crippen LogP contribution < -0.4 is 4.57 Å². The van der Waals surface area contributed by atoms with Crippen LogP contribution in [0, 0.1) is 25.2 Å². The zero-order valence-corrected chi connectivity index (χ0v) is 13.9. The standard InChI is InChI=1S/C21H17N2O/c1-13-10-19-21(16-11-15(12-22)7-8-18(16)24-19)14(2)20(13)17-6-4-5-9-23(17)3/h4-11H,1-3H3/q+1. The summed E-state index contributed by atoms with van der Waals surface area (Å²) in [6.07, 6.45) is 2.06. The predicted octanol–water partition coefficient (Wildman–Crippen LogP) is 4.57. The first-order valence-corrected chi connectivity index (χ1v) is 7.91. The van der Waals surface area contributed by atoms with Gasteiger partial charge in [0.2, 0.25) is 5.69 Å². The number of pyridine rings is 1. The van der Waals surface area contributed by atoms with E-state index in [9.17, 15) is 5.26 Å². The van der Waals surface area contributed by atoms with Gasteiger partial charge in [-0.1, -0.05) is 0 Å². The van der Waals surface area contributed by atoms with Crippen LogP contribution in [0.2, 0.25) is 0 Å². The smallest absolute Gasteiger partial charge is 0.212 e. The van der Waals surface area contributed by atoms with E-state index in [1.54, 1.807) is 6.07 Å². The highest BCUT2D eigenvalue weighted by Crippen LogP contribution is 2.37. The lowest BCUT2D eigenvalue weighted by molar-refractivity contribution is -0.660. The molecule has 2 aromatic heterocycles. The second-order valence-electron chi connectivity index (χ2n) is 6.19. The Bertz CT molecular complexity index is 1150. The first-order valence-electron chi connectivity index (χ1n) is 7.91. The van der Waals surface area contributed by atoms with Crippen molar-refractivity contribution in [3.05, 3.63) is 65.4 Å². The van der Waals surface area contributed by atoms with Gasteiger partial charge in [0.15, 0.2) is 6.20 Å². The summed E-state index contributed by atoms with van der Waals surface area (Å²) in [4.78, 5) is 0. The molecule has 0 saturated carbocycles. The Hall–Kier alpha value is -3.12. The van der Waals surface area contributed by atoms with Crippen LogP contribution >= 0.6 is 0 Å². The number of hydrogen-bond acceptors (Lipinski definition) is 2. The lowest BCUT2D eigenvalue weighted by Crippen LogP contribution is -2.30. The van der Waals surface area contributed by atoms with Crippen LogP contribution in [-0.4, -0.2) is 0 Å². The minimum atomic E-state index is 0.650. The summed E-state index contributed by atoms with van der Waals surface area (Å²) in [6.45, 7) is 4.24. The van der Waals surface area contributed by atoms with Crippen LogP contribution in [0.4, 0.5) is 0 Å². The van der Waals surface area contributed by atoms with Gasteiger partial charge in [-0.15, -0.1) is 0 Å². The highest BCUT2D eigenvalue weighted by Gasteiger charge is 2.20. The molecule has 0 aliphatic heterocycles. The first-order chi connectivity index (χ1) is 11.6. The summed E-state index contributed by atoms with van der Waals surface area (Å²) in [5, 5.41) is 11.3. The van der Waals surface area contributed by atoms with Crippen molar-refractivity contribution in [3.8, 4) is 17.3 Å². The fraction of sp³-hybridized carbons (Fsp3) is 0.143. The number of aromatic nitrogens is 1. The molecule has 0 spiro atoms. The molecule has 0 atom stereocenters. The third-order valence-corrected chi connectivity index (χ3v) is 4.65. The lowest BCUT2D eigenvalue weighted by atomic mass is 9.94. The van der Waals surface area contributed by atoms with E-state index in [0.29, 0.717) is 5.56 Å². The highest BCUT2D eigenvalue weighted by molar-refractivity contribution is 6.09. The first kappa shape index (κ1) is 14.5. The van der Waals surface area contributed by atoms with Crippen LogP contribution in [0.5, 0.6) is 0 Å². The summed E-state index contributed by atoms with van der Waals surface area (Å²) in [6, 6.07) is 16.1. The van der Waals surface area contributed by atoms with Gasteiger partial charge in [0, 0.05) is 22.9 Å². The Morgan fingerprint density at radius 1 is 1.04 bits per heavy atom. The van der Waals surface area contributed by atoms with Gasteiger partial charge in [0.05, 0.1) is 17.2 Å². The summed E-state index contributed by atoms with van der Waals surface area (Å²) >= 11 is 0. The van der Waals surface area contributed by atoms with E-state index in [1.165, 1.54) is 22.4 Å². The Balaban J connectivity index is 2.15. The topological polar surface area (TPSA) is 40.8 Å². The van der Waals surface area contributed by atoms with Crippen LogP contribution in [0.25, 0.3) is 33.2 Å². The van der Waals surface area contributed by atoms with Gasteiger partial charge in [-0.2, -0.15) is 5.26 Å². The van der Waals surface area contributed by atoms with Crippen LogP contribution in [0.3, 0.4) is 0 Å². The Kier molecular flexibility index (Phi) is 3.14. The molecule has 0 bridgehead atoms. The van der Waals surface area contributed by atoms with Crippen molar-refractivity contribution >= 4 is 21.9 Å². The SMILES string of the molecule is Cc1cc2oc3ccc(C#N)cc3c2c(C)c1-c1cccc[n+]1C. The fourth-order valence-corrected chi connectivity index (χ4v) is 3.54. The molecule has 24 heavy (non-hydrogen) atoms. The summed E-state index contributed by atoms with van der Waals surface area (Å²) in [5.41, 5.74) is 7.09. The average Bonchev–Trinajstić information content (AvgIpc) is 2.93. The maximum Gasteiger partial charge on any atom is 0.212 e. The average molecular weight is 313 g/mol. The van der Waals surface area contributed by atoms with Gasteiger partial charge in [0.1, 0.15) is 18.2 Å². The summed E-state index contributed by atoms with van der Waals surface area (Å²) in [5.74, 6) is 0. The molecule has 0 amide bonds. The van der Waals surface area contributed by atoms with E-state index in [1.807, 2.05) is 18.2 Å². The molecule has 0 N–H and O–H groups in total. The molecule has 3 nitrogen and oxygen atoms in total. The largest absolute Gasteiger partial charge is 0.456 e. The van der Waals surface area contributed by atoms with Crippen molar-refractivity contribution in [2.75, 3.05) is 0 Å². The molecule has 2 aromatic carbocycles. The quantitative estimate of drug-likeness (QED) is 0.483. The second kappa shape index (κ2) is 5.21. The van der Waals surface area contributed by atoms with Crippen molar-refractivity contribution in [1.29, 1.82) is 5.26 Å². The number of furan rings is 1. The van der Waals surface area contributed by atoms with E-state index in [0.717, 1.165) is 21.9 Å². The third kappa shape index (κ3) is 2.00. The number of benzene rings is 2. The molecule has 2 heterocycles. The minimum absolute atomic E-state index is 0.650. The predicted molar refractivity (Wildman–Crippen MR) is 94.5 cm³/mol. The van der Waals surface area contributed by atoms with E-state index in [2.05, 4.69) is 55.9 Å². The third-order valence-electron chi connectivity index (χ3n) is 4.65. The van der Waals surface area contributed by atoms with E-state index >= 15 is 0 Å². The second-order valence-corrected chi connectivity index (χ2v) is 6.19. The van der Waals surface area contributed by atoms with E-state index in [-0.39, 0.29) is 0 Å². The van der Waals surface area contributed by atoms with Crippen molar-refractivity contribution < 1.29 is 8.98 Å². The van der Waals surface area contributed by atoms with Gasteiger partial charge in [-0.05, 0) is 55.3 Å². The number of nitrogens with zero attached hydrogens (tertiary/aromatic N) is 2. The van der Waals surface area contributed by atoms with Gasteiger partial charge in [-0.25, -0.2) is 4.57 Å². The molecule has 4 aromatic rings. The monoisotopic (exact) mass is 313 g/mol. The number of rotatable bonds is 1. The number of nitriles is 1. The zero-order chi connectivity index (χ0) is 16.8. The van der Waals surface area contributed by atoms with Crippen molar-refractivity contribution in [2.45, 2.75) is 13.8 Å². The molecule has 0 saturated heterocycles. The maximum atomic E-state index is 9.21. The molecular formula is C21H17N2O+. The zero-order valence-electron chi connectivity index (χ0n) is 13.9. The minimum Gasteiger partial charge on any atom is -0.456 e. The molecule has 4 rings (SSSR count). The van der Waals surface area contributed by atoms with Crippen LogP contribution in [-0.2, 0) is 7.05 Å². The number of fused-ring (bicyclic) bond motifs is 3. The molecule has 0 aliphatic rings. The molecule has 3 heteroatoms. The highest BCUT2D eigenvalue weighted by atomic mass is 16.3. The molecule has 0 aliphatic carbocycles. The normalized spacial score (nSPS) is 11.1. The molecule has 0 fully saturated rings. The van der Waals surface area contributed by atoms with Gasteiger partial charge >= 0.3 is 0 Å². The lowest BCUT2D eigenvalue weighted by Gasteiger charge is -2.09. The Morgan fingerprint density at radius 3 is 2.62 bits per heavy atom. The fourth-order valence-electron chi connectivity index (χ4n) is 3.54. The van der Waals surface area contributed by atoms with E-state index < -0.39 is 0 Å². The van der Waals surface area contributed by atoms with Crippen molar-refractivity contribution in [1.82, 2.24) is 0 Å². The van der Waals surface area contributed by atoms with Crippen molar-refractivity contribution in [2.24, 2.45) is 7.05 Å². The molecule has 0 unspecified atom stereocenters. The van der Waals surface area contributed by atoms with Crippen LogP contribution in [0.1, 0.15) is 16.7 Å². The Morgan fingerprint density at radius 2 is 1.88 bits per heavy atom. The number of hydrogen-bond donors (Lipinski definition) is 0. The maximum absolute atomic E-state index is 9.21. The van der Waals surface area contributed by atoms with Crippen molar-refractivity contribution in [3.63, 3.8) is 0 Å². The van der Waals surface area contributed by atoms with E-state index in [4.69, 9.17) is 4.42 Å². The summed E-state index contributed by atoms with van der Waals surface area (Å²) in [7, 11) is 2.06. The van der Waals surface area contributed by atoms with Gasteiger partial charge in [0.25, 0.3) is 0 Å². The molecule has 116 valence electrons. The molecule has 0 radical (unpaired) electrons. The summed E-state index contributed by atoms with van der Waals surface area (Å²) < 4.78 is 8.15. The number of aryl methyl sites for hydroxylation is 3. The Labute approximate surface area is 140 Å².